The zero-order valence-electron chi connectivity index (χ0n) is 9.72. The first-order valence-corrected chi connectivity index (χ1v) is 5.82. The molecule has 0 aromatic carbocycles. The fraction of sp³-hybridized carbons (Fsp3) is 0.500. The number of rotatable bonds is 5. The summed E-state index contributed by atoms with van der Waals surface area (Å²) in [6.07, 6.45) is 3.57. The molecule has 1 aliphatic rings. The summed E-state index contributed by atoms with van der Waals surface area (Å²) in [6, 6.07) is 2.73. The molecule has 1 unspecified atom stereocenters. The lowest BCUT2D eigenvalue weighted by Gasteiger charge is -2.14. The van der Waals surface area contributed by atoms with Crippen molar-refractivity contribution in [3.63, 3.8) is 0 Å². The van der Waals surface area contributed by atoms with E-state index in [0.29, 0.717) is 12.2 Å². The van der Waals surface area contributed by atoms with Crippen molar-refractivity contribution in [2.75, 3.05) is 0 Å². The number of carboxylic acids is 1. The van der Waals surface area contributed by atoms with Crippen LogP contribution >= 0.6 is 0 Å². The maximum Gasteiger partial charge on any atom is 0.326 e. The summed E-state index contributed by atoms with van der Waals surface area (Å²) in [5.41, 5.74) is 0.513. The first-order valence-electron chi connectivity index (χ1n) is 5.82. The van der Waals surface area contributed by atoms with Gasteiger partial charge in [0.2, 0.25) is 0 Å². The second-order valence-electron chi connectivity index (χ2n) is 4.31. The highest BCUT2D eigenvalue weighted by Crippen LogP contribution is 2.32. The zero-order valence-corrected chi connectivity index (χ0v) is 9.72. The molecule has 2 rings (SSSR count). The van der Waals surface area contributed by atoms with Crippen molar-refractivity contribution in [1.29, 1.82) is 0 Å². The van der Waals surface area contributed by atoms with Crippen LogP contribution in [0.3, 0.4) is 0 Å². The second kappa shape index (κ2) is 4.61. The van der Waals surface area contributed by atoms with Crippen LogP contribution in [0.15, 0.2) is 18.3 Å². The van der Waals surface area contributed by atoms with Crippen LogP contribution in [-0.2, 0) is 11.3 Å². The molecule has 2 N–H and O–H groups in total. The number of aliphatic carboxylic acids is 1. The van der Waals surface area contributed by atoms with Crippen LogP contribution in [0.5, 0.6) is 0 Å². The molecule has 0 spiro atoms. The quantitative estimate of drug-likeness (QED) is 0.804. The maximum atomic E-state index is 11.9. The van der Waals surface area contributed by atoms with Gasteiger partial charge in [-0.1, -0.05) is 0 Å². The van der Waals surface area contributed by atoms with E-state index < -0.39 is 12.0 Å². The zero-order chi connectivity index (χ0) is 12.4. The predicted octanol–water partition coefficient (Wildman–Crippen LogP) is 1.10. The van der Waals surface area contributed by atoms with Crippen LogP contribution < -0.4 is 5.32 Å². The Hall–Kier alpha value is -1.78. The largest absolute Gasteiger partial charge is 0.480 e. The molecule has 5 nitrogen and oxygen atoms in total. The van der Waals surface area contributed by atoms with Gasteiger partial charge in [-0.2, -0.15) is 0 Å². The Labute approximate surface area is 99.4 Å². The molecule has 17 heavy (non-hydrogen) atoms. The van der Waals surface area contributed by atoms with E-state index in [0.717, 1.165) is 12.8 Å². The average molecular weight is 236 g/mol. The van der Waals surface area contributed by atoms with Gasteiger partial charge in [0.15, 0.2) is 0 Å². The number of amides is 1. The van der Waals surface area contributed by atoms with E-state index >= 15 is 0 Å². The van der Waals surface area contributed by atoms with Gasteiger partial charge in [-0.25, -0.2) is 4.79 Å². The van der Waals surface area contributed by atoms with E-state index in [9.17, 15) is 9.59 Å². The standard InChI is InChI=1S/C12H16N2O3/c1-2-14-7-3-4-9(14)11(15)13-10(12(16)17)8-5-6-8/h3-4,7-8,10H,2,5-6H2,1H3,(H,13,15)(H,16,17). The molecule has 0 radical (unpaired) electrons. The third kappa shape index (κ3) is 2.49. The molecule has 1 amide bonds. The Morgan fingerprint density at radius 1 is 1.59 bits per heavy atom. The minimum Gasteiger partial charge on any atom is -0.480 e. The van der Waals surface area contributed by atoms with Crippen molar-refractivity contribution in [2.45, 2.75) is 32.4 Å². The van der Waals surface area contributed by atoms with Gasteiger partial charge in [-0.05, 0) is 37.8 Å². The van der Waals surface area contributed by atoms with Gasteiger partial charge in [0, 0.05) is 12.7 Å². The summed E-state index contributed by atoms with van der Waals surface area (Å²) in [5.74, 6) is -1.16. The van der Waals surface area contributed by atoms with Crippen LogP contribution in [-0.4, -0.2) is 27.6 Å². The highest BCUT2D eigenvalue weighted by Gasteiger charge is 2.37. The summed E-state index contributed by atoms with van der Waals surface area (Å²) in [5, 5.41) is 11.6. The monoisotopic (exact) mass is 236 g/mol. The number of aromatic nitrogens is 1. The Morgan fingerprint density at radius 3 is 2.82 bits per heavy atom. The SMILES string of the molecule is CCn1cccc1C(=O)NC(C(=O)O)C1CC1. The van der Waals surface area contributed by atoms with E-state index in [1.165, 1.54) is 0 Å². The summed E-state index contributed by atoms with van der Waals surface area (Å²) in [7, 11) is 0. The summed E-state index contributed by atoms with van der Waals surface area (Å²) in [6.45, 7) is 2.63. The minimum absolute atomic E-state index is 0.0986. The molecule has 1 aromatic rings. The van der Waals surface area contributed by atoms with Crippen LogP contribution in [0.1, 0.15) is 30.3 Å². The molecule has 0 saturated heterocycles. The average Bonchev–Trinajstić information content (AvgIpc) is 3.01. The molecule has 92 valence electrons. The molecule has 1 saturated carbocycles. The van der Waals surface area contributed by atoms with Crippen LogP contribution in [0.2, 0.25) is 0 Å². The highest BCUT2D eigenvalue weighted by atomic mass is 16.4. The van der Waals surface area contributed by atoms with Gasteiger partial charge < -0.3 is 15.0 Å². The fourth-order valence-corrected chi connectivity index (χ4v) is 1.92. The number of carbonyl (C=O) groups excluding carboxylic acids is 1. The van der Waals surface area contributed by atoms with Gasteiger partial charge in [0.25, 0.3) is 5.91 Å². The molecule has 5 heteroatoms. The van der Waals surface area contributed by atoms with E-state index in [-0.39, 0.29) is 11.8 Å². The highest BCUT2D eigenvalue weighted by molar-refractivity contribution is 5.95. The van der Waals surface area contributed by atoms with Gasteiger partial charge in [-0.3, -0.25) is 4.79 Å². The molecular weight excluding hydrogens is 220 g/mol. The normalized spacial score (nSPS) is 16.5. The third-order valence-electron chi connectivity index (χ3n) is 3.05. The lowest BCUT2D eigenvalue weighted by molar-refractivity contribution is -0.139. The number of hydrogen-bond acceptors (Lipinski definition) is 2. The van der Waals surface area contributed by atoms with E-state index in [1.807, 2.05) is 13.1 Å². The number of carboxylic acid groups (broad SMARTS) is 1. The molecule has 0 bridgehead atoms. The smallest absolute Gasteiger partial charge is 0.326 e. The lowest BCUT2D eigenvalue weighted by Crippen LogP contribution is -2.42. The Balaban J connectivity index is 2.07. The molecule has 1 aromatic heterocycles. The van der Waals surface area contributed by atoms with Crippen molar-refractivity contribution < 1.29 is 14.7 Å². The maximum absolute atomic E-state index is 11.9. The molecule has 1 aliphatic carbocycles. The lowest BCUT2D eigenvalue weighted by atomic mass is 10.2. The van der Waals surface area contributed by atoms with Crippen molar-refractivity contribution in [3.8, 4) is 0 Å². The van der Waals surface area contributed by atoms with E-state index in [1.54, 1.807) is 16.7 Å². The van der Waals surface area contributed by atoms with E-state index in [4.69, 9.17) is 5.11 Å². The number of aryl methyl sites for hydroxylation is 1. The van der Waals surface area contributed by atoms with Crippen LogP contribution in [0, 0.1) is 5.92 Å². The predicted molar refractivity (Wildman–Crippen MR) is 61.7 cm³/mol. The Kier molecular flexibility index (Phi) is 3.17. The number of nitrogens with zero attached hydrogens (tertiary/aromatic N) is 1. The van der Waals surface area contributed by atoms with Gasteiger partial charge in [-0.15, -0.1) is 0 Å². The van der Waals surface area contributed by atoms with Gasteiger partial charge in [0.05, 0.1) is 0 Å². The first kappa shape index (κ1) is 11.7. The first-order chi connectivity index (χ1) is 8.13. The van der Waals surface area contributed by atoms with Crippen molar-refractivity contribution in [2.24, 2.45) is 5.92 Å². The molecule has 1 atom stereocenters. The Bertz CT molecular complexity index is 435. The second-order valence-corrected chi connectivity index (χ2v) is 4.31. The van der Waals surface area contributed by atoms with Crippen LogP contribution in [0.25, 0.3) is 0 Å². The van der Waals surface area contributed by atoms with Crippen molar-refractivity contribution in [3.05, 3.63) is 24.0 Å². The molecule has 1 heterocycles. The van der Waals surface area contributed by atoms with Gasteiger partial charge >= 0.3 is 5.97 Å². The number of nitrogens with one attached hydrogen (secondary N) is 1. The van der Waals surface area contributed by atoms with Gasteiger partial charge in [0.1, 0.15) is 11.7 Å². The molecular formula is C12H16N2O3. The fourth-order valence-electron chi connectivity index (χ4n) is 1.92. The third-order valence-corrected chi connectivity index (χ3v) is 3.05. The summed E-state index contributed by atoms with van der Waals surface area (Å²) in [4.78, 5) is 23.0. The van der Waals surface area contributed by atoms with Crippen molar-refractivity contribution >= 4 is 11.9 Å². The van der Waals surface area contributed by atoms with E-state index in [2.05, 4.69) is 5.32 Å². The van der Waals surface area contributed by atoms with Crippen LogP contribution in [0.4, 0.5) is 0 Å². The topological polar surface area (TPSA) is 71.3 Å². The molecule has 0 aliphatic heterocycles. The number of carbonyl (C=O) groups is 2. The molecule has 1 fully saturated rings. The number of hydrogen-bond donors (Lipinski definition) is 2. The van der Waals surface area contributed by atoms with Crippen molar-refractivity contribution in [1.82, 2.24) is 9.88 Å². The Morgan fingerprint density at radius 2 is 2.29 bits per heavy atom. The minimum atomic E-state index is -0.949. The summed E-state index contributed by atoms with van der Waals surface area (Å²) >= 11 is 0. The summed E-state index contributed by atoms with van der Waals surface area (Å²) < 4.78 is 1.79.